The molecule has 0 saturated carbocycles. The van der Waals surface area contributed by atoms with Crippen LogP contribution in [0.4, 0.5) is 11.4 Å². The predicted molar refractivity (Wildman–Crippen MR) is 97.1 cm³/mol. The van der Waals surface area contributed by atoms with Gasteiger partial charge in [0.25, 0.3) is 0 Å². The summed E-state index contributed by atoms with van der Waals surface area (Å²) >= 11 is 0. The van der Waals surface area contributed by atoms with Gasteiger partial charge in [-0.3, -0.25) is 9.78 Å². The molecule has 0 spiro atoms. The fraction of sp³-hybridized carbons (Fsp3) is 0.368. The number of hydrogen-bond donors (Lipinski definition) is 1. The van der Waals surface area contributed by atoms with Crippen molar-refractivity contribution in [3.63, 3.8) is 0 Å². The van der Waals surface area contributed by atoms with Gasteiger partial charge in [0.2, 0.25) is 5.91 Å². The Morgan fingerprint density at radius 3 is 2.54 bits per heavy atom. The smallest absolute Gasteiger partial charge is 0.228 e. The molecule has 1 aliphatic heterocycles. The average molecular weight is 324 g/mol. The zero-order chi connectivity index (χ0) is 17.1. The van der Waals surface area contributed by atoms with E-state index in [0.717, 1.165) is 31.9 Å². The Bertz CT molecular complexity index is 719. The van der Waals surface area contributed by atoms with E-state index in [4.69, 9.17) is 5.73 Å². The highest BCUT2D eigenvalue weighted by Gasteiger charge is 2.22. The zero-order valence-corrected chi connectivity index (χ0v) is 14.3. The van der Waals surface area contributed by atoms with Crippen molar-refractivity contribution >= 4 is 17.3 Å². The lowest BCUT2D eigenvalue weighted by Crippen LogP contribution is -2.49. The van der Waals surface area contributed by atoms with Gasteiger partial charge in [-0.15, -0.1) is 0 Å². The number of carbonyl (C=O) groups excluding carboxylic acids is 1. The zero-order valence-electron chi connectivity index (χ0n) is 14.3. The number of pyridine rings is 1. The summed E-state index contributed by atoms with van der Waals surface area (Å²) in [6.07, 6.45) is 1.94. The Labute approximate surface area is 143 Å². The maximum Gasteiger partial charge on any atom is 0.228 e. The van der Waals surface area contributed by atoms with Gasteiger partial charge in [-0.1, -0.05) is 12.1 Å². The van der Waals surface area contributed by atoms with Crippen molar-refractivity contribution in [1.29, 1.82) is 0 Å². The summed E-state index contributed by atoms with van der Waals surface area (Å²) in [5, 5.41) is 0. The van der Waals surface area contributed by atoms with Crippen LogP contribution in [0, 0.1) is 13.8 Å². The van der Waals surface area contributed by atoms with Crippen LogP contribution >= 0.6 is 0 Å². The Kier molecular flexibility index (Phi) is 4.69. The number of aryl methyl sites for hydroxylation is 1. The first-order chi connectivity index (χ1) is 11.5. The van der Waals surface area contributed by atoms with Gasteiger partial charge in [0, 0.05) is 37.6 Å². The number of hydrogen-bond acceptors (Lipinski definition) is 4. The molecule has 5 heteroatoms. The van der Waals surface area contributed by atoms with E-state index in [9.17, 15) is 4.79 Å². The third kappa shape index (κ3) is 3.50. The summed E-state index contributed by atoms with van der Waals surface area (Å²) in [6, 6.07) is 10.0. The molecule has 2 N–H and O–H groups in total. The molecule has 2 heterocycles. The minimum atomic E-state index is 0.132. The Hall–Kier alpha value is -2.56. The molecule has 1 aromatic heterocycles. The SMILES string of the molecule is Cc1cccc(N2CCN(C(=O)Cc3ccc(N)cn3)CC2)c1C. The molecule has 3 rings (SSSR count). The van der Waals surface area contributed by atoms with Gasteiger partial charge >= 0.3 is 0 Å². The molecule has 1 fully saturated rings. The van der Waals surface area contributed by atoms with E-state index in [1.165, 1.54) is 16.8 Å². The van der Waals surface area contributed by atoms with Gasteiger partial charge in [-0.2, -0.15) is 0 Å². The van der Waals surface area contributed by atoms with E-state index < -0.39 is 0 Å². The number of anilines is 2. The van der Waals surface area contributed by atoms with Gasteiger partial charge < -0.3 is 15.5 Å². The number of aromatic nitrogens is 1. The number of carbonyl (C=O) groups is 1. The van der Waals surface area contributed by atoms with Gasteiger partial charge in [0.15, 0.2) is 0 Å². The molecule has 0 radical (unpaired) electrons. The maximum atomic E-state index is 12.5. The first-order valence-electron chi connectivity index (χ1n) is 8.34. The first kappa shape index (κ1) is 16.3. The molecule has 5 nitrogen and oxygen atoms in total. The predicted octanol–water partition coefficient (Wildman–Crippen LogP) is 2.17. The number of nitrogens with two attached hydrogens (primary N) is 1. The molecule has 2 aromatic rings. The summed E-state index contributed by atoms with van der Waals surface area (Å²) in [7, 11) is 0. The van der Waals surface area contributed by atoms with Crippen LogP contribution < -0.4 is 10.6 Å². The van der Waals surface area contributed by atoms with Crippen molar-refractivity contribution in [3.8, 4) is 0 Å². The molecule has 1 saturated heterocycles. The van der Waals surface area contributed by atoms with Crippen molar-refractivity contribution < 1.29 is 4.79 Å². The maximum absolute atomic E-state index is 12.5. The monoisotopic (exact) mass is 324 g/mol. The second-order valence-corrected chi connectivity index (χ2v) is 6.35. The van der Waals surface area contributed by atoms with Gasteiger partial charge in [0.1, 0.15) is 0 Å². The van der Waals surface area contributed by atoms with Crippen LogP contribution in [-0.4, -0.2) is 42.0 Å². The summed E-state index contributed by atoms with van der Waals surface area (Å²) < 4.78 is 0. The topological polar surface area (TPSA) is 62.5 Å². The highest BCUT2D eigenvalue weighted by Crippen LogP contribution is 2.24. The molecular weight excluding hydrogens is 300 g/mol. The molecule has 126 valence electrons. The largest absolute Gasteiger partial charge is 0.397 e. The van der Waals surface area contributed by atoms with Crippen molar-refractivity contribution in [2.24, 2.45) is 0 Å². The van der Waals surface area contributed by atoms with Gasteiger partial charge in [-0.05, 0) is 43.2 Å². The van der Waals surface area contributed by atoms with E-state index >= 15 is 0 Å². The Morgan fingerprint density at radius 1 is 1.12 bits per heavy atom. The molecule has 0 aliphatic carbocycles. The highest BCUT2D eigenvalue weighted by atomic mass is 16.2. The number of benzene rings is 1. The lowest BCUT2D eigenvalue weighted by molar-refractivity contribution is -0.130. The Balaban J connectivity index is 1.59. The van der Waals surface area contributed by atoms with Crippen molar-refractivity contribution in [2.45, 2.75) is 20.3 Å². The molecule has 0 bridgehead atoms. The molecule has 0 atom stereocenters. The van der Waals surface area contributed by atoms with E-state index in [2.05, 4.69) is 41.9 Å². The fourth-order valence-corrected chi connectivity index (χ4v) is 3.08. The molecular formula is C19H24N4O. The number of piperazine rings is 1. The number of amides is 1. The Morgan fingerprint density at radius 2 is 1.88 bits per heavy atom. The van der Waals surface area contributed by atoms with E-state index in [1.807, 2.05) is 11.0 Å². The van der Waals surface area contributed by atoms with E-state index in [-0.39, 0.29) is 5.91 Å². The van der Waals surface area contributed by atoms with E-state index in [1.54, 1.807) is 12.3 Å². The standard InChI is InChI=1S/C19H24N4O/c1-14-4-3-5-18(15(14)2)22-8-10-23(11-9-22)19(24)12-17-7-6-16(20)13-21-17/h3-7,13H,8-12,20H2,1-2H3. The lowest BCUT2D eigenvalue weighted by atomic mass is 10.1. The normalized spacial score (nSPS) is 14.8. The minimum Gasteiger partial charge on any atom is -0.397 e. The van der Waals surface area contributed by atoms with Gasteiger partial charge in [-0.25, -0.2) is 0 Å². The van der Waals surface area contributed by atoms with Crippen LogP contribution in [0.5, 0.6) is 0 Å². The molecule has 1 aromatic carbocycles. The second kappa shape index (κ2) is 6.91. The number of rotatable bonds is 3. The molecule has 1 amide bonds. The number of nitrogens with zero attached hydrogens (tertiary/aromatic N) is 3. The number of nitrogen functional groups attached to an aromatic ring is 1. The van der Waals surface area contributed by atoms with Crippen molar-refractivity contribution in [2.75, 3.05) is 36.8 Å². The molecule has 1 aliphatic rings. The van der Waals surface area contributed by atoms with Crippen LogP contribution in [0.15, 0.2) is 36.5 Å². The van der Waals surface area contributed by atoms with Crippen LogP contribution in [0.2, 0.25) is 0 Å². The van der Waals surface area contributed by atoms with Crippen molar-refractivity contribution in [1.82, 2.24) is 9.88 Å². The summed E-state index contributed by atoms with van der Waals surface area (Å²) in [5.74, 6) is 0.132. The lowest BCUT2D eigenvalue weighted by Gasteiger charge is -2.37. The van der Waals surface area contributed by atoms with Crippen molar-refractivity contribution in [3.05, 3.63) is 53.3 Å². The molecule has 24 heavy (non-hydrogen) atoms. The van der Waals surface area contributed by atoms with Crippen LogP contribution in [0.3, 0.4) is 0 Å². The third-order valence-corrected chi connectivity index (χ3v) is 4.73. The highest BCUT2D eigenvalue weighted by molar-refractivity contribution is 5.78. The quantitative estimate of drug-likeness (QED) is 0.940. The van der Waals surface area contributed by atoms with E-state index in [0.29, 0.717) is 12.1 Å². The van der Waals surface area contributed by atoms with Crippen LogP contribution in [-0.2, 0) is 11.2 Å². The van der Waals surface area contributed by atoms with Crippen LogP contribution in [0.1, 0.15) is 16.8 Å². The second-order valence-electron chi connectivity index (χ2n) is 6.35. The average Bonchev–Trinajstić information content (AvgIpc) is 2.59. The fourth-order valence-electron chi connectivity index (χ4n) is 3.08. The third-order valence-electron chi connectivity index (χ3n) is 4.73. The van der Waals surface area contributed by atoms with Gasteiger partial charge in [0.05, 0.1) is 18.3 Å². The van der Waals surface area contributed by atoms with Crippen LogP contribution in [0.25, 0.3) is 0 Å². The minimum absolute atomic E-state index is 0.132. The summed E-state index contributed by atoms with van der Waals surface area (Å²) in [4.78, 5) is 21.0. The summed E-state index contributed by atoms with van der Waals surface area (Å²) in [5.41, 5.74) is 10.9. The first-order valence-corrected chi connectivity index (χ1v) is 8.34. The molecule has 0 unspecified atom stereocenters. The summed E-state index contributed by atoms with van der Waals surface area (Å²) in [6.45, 7) is 7.53.